The Kier molecular flexibility index (Phi) is 3.77. The topological polar surface area (TPSA) is 84.7 Å². The van der Waals surface area contributed by atoms with Gasteiger partial charge in [0.2, 0.25) is 10.0 Å². The molecule has 0 bridgehead atoms. The zero-order valence-corrected chi connectivity index (χ0v) is 11.5. The van der Waals surface area contributed by atoms with E-state index in [1.807, 2.05) is 0 Å². The van der Waals surface area contributed by atoms with Gasteiger partial charge in [0.15, 0.2) is 5.84 Å². The van der Waals surface area contributed by atoms with Gasteiger partial charge in [-0.2, -0.15) is 0 Å². The van der Waals surface area contributed by atoms with E-state index in [2.05, 4.69) is 0 Å². The number of sulfonamides is 1. The predicted octanol–water partition coefficient (Wildman–Crippen LogP) is 1.26. The van der Waals surface area contributed by atoms with E-state index in [0.29, 0.717) is 29.3 Å². The molecule has 6 nitrogen and oxygen atoms in total. The quantitative estimate of drug-likeness (QED) is 0.486. The molecule has 104 valence electrons. The van der Waals surface area contributed by atoms with Crippen molar-refractivity contribution in [2.45, 2.75) is 12.8 Å². The number of hydrogen-bond donors (Lipinski definition) is 2. The van der Waals surface area contributed by atoms with Crippen molar-refractivity contribution in [3.05, 3.63) is 29.8 Å². The van der Waals surface area contributed by atoms with E-state index >= 15 is 0 Å². The normalized spacial score (nSPS) is 18.1. The number of nitrogens with one attached hydrogen (secondary N) is 1. The lowest BCUT2D eigenvalue weighted by atomic mass is 10.1. The van der Waals surface area contributed by atoms with E-state index < -0.39 is 10.0 Å². The third-order valence-electron chi connectivity index (χ3n) is 3.10. The van der Waals surface area contributed by atoms with Crippen LogP contribution in [0.4, 0.5) is 5.69 Å². The third-order valence-corrected chi connectivity index (χ3v) is 4.96. The van der Waals surface area contributed by atoms with Crippen molar-refractivity contribution >= 4 is 21.5 Å². The molecule has 0 radical (unpaired) electrons. The van der Waals surface area contributed by atoms with Gasteiger partial charge in [-0.25, -0.2) is 13.5 Å². The minimum Gasteiger partial charge on any atom is -0.287 e. The Labute approximate surface area is 112 Å². The molecule has 19 heavy (non-hydrogen) atoms. The molecule has 1 aromatic rings. The van der Waals surface area contributed by atoms with Crippen LogP contribution in [-0.4, -0.2) is 43.9 Å². The number of hydroxylamine groups is 2. The van der Waals surface area contributed by atoms with Gasteiger partial charge in [-0.05, 0) is 25.0 Å². The van der Waals surface area contributed by atoms with Crippen LogP contribution in [0.15, 0.2) is 24.3 Å². The fourth-order valence-electron chi connectivity index (χ4n) is 2.13. The minimum atomic E-state index is -3.32. The summed E-state index contributed by atoms with van der Waals surface area (Å²) < 4.78 is 25.5. The van der Waals surface area contributed by atoms with Crippen LogP contribution in [0, 0.1) is 5.41 Å². The number of nitrogens with zero attached hydrogens (tertiary/aromatic N) is 2. The molecule has 1 heterocycles. The molecule has 2 rings (SSSR count). The number of anilines is 1. The monoisotopic (exact) mass is 283 g/mol. The van der Waals surface area contributed by atoms with Gasteiger partial charge in [0.05, 0.1) is 11.4 Å². The summed E-state index contributed by atoms with van der Waals surface area (Å²) in [7, 11) is -1.98. The van der Waals surface area contributed by atoms with Gasteiger partial charge in [0, 0.05) is 19.2 Å². The maximum absolute atomic E-state index is 12.1. The molecule has 1 saturated heterocycles. The van der Waals surface area contributed by atoms with Crippen LogP contribution >= 0.6 is 0 Å². The molecule has 0 amide bonds. The Morgan fingerprint density at radius 2 is 2.05 bits per heavy atom. The van der Waals surface area contributed by atoms with Gasteiger partial charge in [-0.3, -0.25) is 14.9 Å². The van der Waals surface area contributed by atoms with Crippen molar-refractivity contribution in [2.24, 2.45) is 0 Å². The molecule has 1 aliphatic heterocycles. The van der Waals surface area contributed by atoms with Gasteiger partial charge in [-0.1, -0.05) is 12.1 Å². The highest BCUT2D eigenvalue weighted by molar-refractivity contribution is 7.92. The first-order valence-corrected chi connectivity index (χ1v) is 7.65. The van der Waals surface area contributed by atoms with Crippen molar-refractivity contribution in [3.8, 4) is 0 Å². The Morgan fingerprint density at radius 1 is 1.37 bits per heavy atom. The molecular formula is C12H17N3O3S. The molecule has 1 aliphatic rings. The summed E-state index contributed by atoms with van der Waals surface area (Å²) in [6.45, 7) is 0.418. The molecule has 0 aromatic heterocycles. The average Bonchev–Trinajstić information content (AvgIpc) is 2.37. The van der Waals surface area contributed by atoms with Crippen molar-refractivity contribution in [1.82, 2.24) is 5.06 Å². The minimum absolute atomic E-state index is 0.128. The molecule has 7 heteroatoms. The number of amidine groups is 1. The Bertz CT molecular complexity index is 584. The van der Waals surface area contributed by atoms with Gasteiger partial charge in [0.25, 0.3) is 0 Å². The maximum Gasteiger partial charge on any atom is 0.235 e. The van der Waals surface area contributed by atoms with Crippen molar-refractivity contribution in [2.75, 3.05) is 23.7 Å². The largest absolute Gasteiger partial charge is 0.287 e. The first kappa shape index (κ1) is 13.8. The van der Waals surface area contributed by atoms with Crippen LogP contribution in [-0.2, 0) is 10.0 Å². The van der Waals surface area contributed by atoms with Crippen LogP contribution in [0.3, 0.4) is 0 Å². The third kappa shape index (κ3) is 2.71. The summed E-state index contributed by atoms with van der Waals surface area (Å²) >= 11 is 0. The zero-order valence-electron chi connectivity index (χ0n) is 10.7. The fourth-order valence-corrected chi connectivity index (χ4v) is 3.78. The van der Waals surface area contributed by atoms with E-state index in [4.69, 9.17) is 5.41 Å². The first-order valence-electron chi connectivity index (χ1n) is 6.04. The second-order valence-corrected chi connectivity index (χ2v) is 6.50. The highest BCUT2D eigenvalue weighted by Crippen LogP contribution is 2.27. The summed E-state index contributed by atoms with van der Waals surface area (Å²) in [5.41, 5.74) is 0.853. The van der Waals surface area contributed by atoms with Crippen molar-refractivity contribution in [1.29, 1.82) is 5.41 Å². The number of rotatable bonds is 2. The summed E-state index contributed by atoms with van der Waals surface area (Å²) in [6.07, 6.45) is 1.47. The van der Waals surface area contributed by atoms with E-state index in [1.165, 1.54) is 11.4 Å². The molecule has 0 saturated carbocycles. The van der Waals surface area contributed by atoms with Crippen LogP contribution < -0.4 is 4.31 Å². The van der Waals surface area contributed by atoms with Gasteiger partial charge in [0.1, 0.15) is 0 Å². The summed E-state index contributed by atoms with van der Waals surface area (Å²) in [4.78, 5) is 0. The highest BCUT2D eigenvalue weighted by atomic mass is 32.2. The van der Waals surface area contributed by atoms with E-state index in [9.17, 15) is 13.6 Å². The summed E-state index contributed by atoms with van der Waals surface area (Å²) in [5.74, 6) is 0.000245. The van der Waals surface area contributed by atoms with Crippen LogP contribution in [0.2, 0.25) is 0 Å². The average molecular weight is 283 g/mol. The van der Waals surface area contributed by atoms with E-state index in [-0.39, 0.29) is 11.6 Å². The van der Waals surface area contributed by atoms with Crippen molar-refractivity contribution in [3.63, 3.8) is 0 Å². The molecule has 1 aromatic carbocycles. The molecule has 0 aliphatic carbocycles. The SMILES string of the molecule is CN(O)C(=N)c1ccccc1N1CCCCS1(=O)=O. The smallest absolute Gasteiger partial charge is 0.235 e. The zero-order chi connectivity index (χ0) is 14.0. The molecule has 0 unspecified atom stereocenters. The number of benzene rings is 1. The van der Waals surface area contributed by atoms with Crippen LogP contribution in [0.25, 0.3) is 0 Å². The van der Waals surface area contributed by atoms with Gasteiger partial charge in [-0.15, -0.1) is 0 Å². The summed E-state index contributed by atoms with van der Waals surface area (Å²) in [6, 6.07) is 6.74. The molecule has 0 spiro atoms. The van der Waals surface area contributed by atoms with Crippen LogP contribution in [0.5, 0.6) is 0 Å². The number of para-hydroxylation sites is 1. The Balaban J connectivity index is 2.48. The van der Waals surface area contributed by atoms with Gasteiger partial charge < -0.3 is 0 Å². The summed E-state index contributed by atoms with van der Waals surface area (Å²) in [5, 5.41) is 17.9. The molecule has 0 atom stereocenters. The number of hydrogen-bond acceptors (Lipinski definition) is 4. The van der Waals surface area contributed by atoms with Crippen LogP contribution in [0.1, 0.15) is 18.4 Å². The second kappa shape index (κ2) is 5.18. The second-order valence-electron chi connectivity index (χ2n) is 4.48. The Morgan fingerprint density at radius 3 is 2.68 bits per heavy atom. The fraction of sp³-hybridized carbons (Fsp3) is 0.417. The maximum atomic E-state index is 12.1. The molecule has 1 fully saturated rings. The molecular weight excluding hydrogens is 266 g/mol. The highest BCUT2D eigenvalue weighted by Gasteiger charge is 2.28. The molecule has 2 N–H and O–H groups in total. The first-order chi connectivity index (χ1) is 8.93. The van der Waals surface area contributed by atoms with Crippen molar-refractivity contribution < 1.29 is 13.6 Å². The lowest BCUT2D eigenvalue weighted by molar-refractivity contribution is 0.0134. The van der Waals surface area contributed by atoms with Gasteiger partial charge >= 0.3 is 0 Å². The lowest BCUT2D eigenvalue weighted by Crippen LogP contribution is -2.39. The van der Waals surface area contributed by atoms with E-state index in [0.717, 1.165) is 6.42 Å². The standard InChI is InChI=1S/C12H17N3O3S/c1-14(16)12(13)10-6-2-3-7-11(10)15-8-4-5-9-19(15,17)18/h2-3,6-7,13,16H,4-5,8-9H2,1H3. The Hall–Kier alpha value is -1.60. The van der Waals surface area contributed by atoms with E-state index in [1.54, 1.807) is 24.3 Å². The lowest BCUT2D eigenvalue weighted by Gasteiger charge is -2.30. The predicted molar refractivity (Wildman–Crippen MR) is 73.2 cm³/mol.